The molecule has 0 aromatic heterocycles. The molecule has 0 aliphatic heterocycles. The Morgan fingerprint density at radius 3 is 1.50 bits per heavy atom. The van der Waals surface area contributed by atoms with Crippen molar-refractivity contribution >= 4 is 11.9 Å². The summed E-state index contributed by atoms with van der Waals surface area (Å²) in [5.41, 5.74) is 0. The van der Waals surface area contributed by atoms with Crippen molar-refractivity contribution in [1.82, 2.24) is 0 Å². The van der Waals surface area contributed by atoms with Crippen LogP contribution in [0.2, 0.25) is 0 Å². The molecular weight excluding hydrogens is 352 g/mol. The summed E-state index contributed by atoms with van der Waals surface area (Å²) in [5, 5.41) is 0. The number of hydrogen-bond donors (Lipinski definition) is 0. The Balaban J connectivity index is 2.47. The molecule has 4 unspecified atom stereocenters. The molecule has 0 spiro atoms. The molecule has 0 aromatic carbocycles. The largest absolute Gasteiger partial charge is 0.462 e. The van der Waals surface area contributed by atoms with E-state index in [1.807, 2.05) is 26.0 Å². The number of rotatable bonds is 14. The molecule has 0 saturated carbocycles. The molecular formula is C24H42O4. The minimum atomic E-state index is -0.414. The zero-order chi connectivity index (χ0) is 20.8. The highest BCUT2D eigenvalue weighted by molar-refractivity contribution is 5.83. The molecule has 4 nitrogen and oxygen atoms in total. The zero-order valence-electron chi connectivity index (χ0n) is 18.6. The van der Waals surface area contributed by atoms with Gasteiger partial charge in [-0.15, -0.1) is 0 Å². The highest BCUT2D eigenvalue weighted by Gasteiger charge is 2.37. The quantitative estimate of drug-likeness (QED) is 0.195. The van der Waals surface area contributed by atoms with Crippen LogP contribution in [-0.2, 0) is 19.1 Å². The van der Waals surface area contributed by atoms with Crippen molar-refractivity contribution in [3.8, 4) is 0 Å². The Morgan fingerprint density at radius 2 is 1.14 bits per heavy atom. The Labute approximate surface area is 172 Å². The van der Waals surface area contributed by atoms with E-state index in [4.69, 9.17) is 9.47 Å². The van der Waals surface area contributed by atoms with Crippen LogP contribution >= 0.6 is 0 Å². The third-order valence-electron chi connectivity index (χ3n) is 5.60. The van der Waals surface area contributed by atoms with Crippen LogP contribution in [-0.4, -0.2) is 24.1 Å². The van der Waals surface area contributed by atoms with Gasteiger partial charge in [0.15, 0.2) is 0 Å². The second-order valence-corrected chi connectivity index (χ2v) is 8.35. The highest BCUT2D eigenvalue weighted by Crippen LogP contribution is 2.29. The second kappa shape index (κ2) is 14.6. The van der Waals surface area contributed by atoms with Crippen LogP contribution in [0.3, 0.4) is 0 Å². The summed E-state index contributed by atoms with van der Waals surface area (Å²) in [6, 6.07) is 0. The Bertz CT molecular complexity index is 429. The van der Waals surface area contributed by atoms with Gasteiger partial charge in [-0.3, -0.25) is 9.59 Å². The molecule has 1 aliphatic carbocycles. The molecule has 4 heteroatoms. The summed E-state index contributed by atoms with van der Waals surface area (Å²) < 4.78 is 11.3. The fraction of sp³-hybridized carbons (Fsp3) is 0.833. The Kier molecular flexibility index (Phi) is 12.9. The minimum absolute atomic E-state index is 0.0931. The van der Waals surface area contributed by atoms with Gasteiger partial charge in [0, 0.05) is 0 Å². The molecule has 0 fully saturated rings. The van der Waals surface area contributed by atoms with E-state index in [-0.39, 0.29) is 24.1 Å². The van der Waals surface area contributed by atoms with Gasteiger partial charge in [-0.2, -0.15) is 0 Å². The summed E-state index contributed by atoms with van der Waals surface area (Å²) in [6.07, 6.45) is 16.0. The molecule has 0 amide bonds. The number of unbranched alkanes of at least 4 members (excludes halogenated alkanes) is 6. The van der Waals surface area contributed by atoms with Crippen molar-refractivity contribution in [1.29, 1.82) is 0 Å². The maximum atomic E-state index is 12.7. The smallest absolute Gasteiger partial charge is 0.310 e. The van der Waals surface area contributed by atoms with Crippen molar-refractivity contribution in [2.45, 2.75) is 117 Å². The fourth-order valence-corrected chi connectivity index (χ4v) is 3.74. The lowest BCUT2D eigenvalue weighted by Crippen LogP contribution is -2.36. The third-order valence-corrected chi connectivity index (χ3v) is 5.60. The van der Waals surface area contributed by atoms with Gasteiger partial charge in [0.25, 0.3) is 0 Å². The monoisotopic (exact) mass is 394 g/mol. The van der Waals surface area contributed by atoms with Crippen molar-refractivity contribution in [3.63, 3.8) is 0 Å². The van der Waals surface area contributed by atoms with E-state index in [1.165, 1.54) is 38.5 Å². The van der Waals surface area contributed by atoms with Gasteiger partial charge in [0.2, 0.25) is 0 Å². The van der Waals surface area contributed by atoms with E-state index in [0.717, 1.165) is 25.7 Å². The van der Waals surface area contributed by atoms with Gasteiger partial charge in [0.05, 0.1) is 24.0 Å². The van der Waals surface area contributed by atoms with Crippen LogP contribution in [0.4, 0.5) is 0 Å². The van der Waals surface area contributed by atoms with Gasteiger partial charge in [-0.1, -0.05) is 64.5 Å². The van der Waals surface area contributed by atoms with E-state index >= 15 is 0 Å². The lowest BCUT2D eigenvalue weighted by atomic mass is 9.83. The molecule has 0 bridgehead atoms. The summed E-state index contributed by atoms with van der Waals surface area (Å²) in [6.45, 7) is 8.28. The molecule has 1 aliphatic rings. The topological polar surface area (TPSA) is 52.6 Å². The first-order chi connectivity index (χ1) is 13.5. The summed E-state index contributed by atoms with van der Waals surface area (Å²) in [7, 11) is 0. The van der Waals surface area contributed by atoms with Crippen LogP contribution in [0.15, 0.2) is 12.2 Å². The van der Waals surface area contributed by atoms with E-state index in [2.05, 4.69) is 13.8 Å². The predicted molar refractivity (Wildman–Crippen MR) is 114 cm³/mol. The van der Waals surface area contributed by atoms with Crippen LogP contribution in [0, 0.1) is 11.8 Å². The van der Waals surface area contributed by atoms with Crippen molar-refractivity contribution in [3.05, 3.63) is 12.2 Å². The first-order valence-corrected chi connectivity index (χ1v) is 11.6. The minimum Gasteiger partial charge on any atom is -0.462 e. The van der Waals surface area contributed by atoms with E-state index < -0.39 is 11.8 Å². The van der Waals surface area contributed by atoms with Gasteiger partial charge in [-0.05, 0) is 52.4 Å². The number of allylic oxidation sites excluding steroid dienone is 2. The number of hydrogen-bond acceptors (Lipinski definition) is 4. The zero-order valence-corrected chi connectivity index (χ0v) is 18.6. The van der Waals surface area contributed by atoms with Gasteiger partial charge < -0.3 is 9.47 Å². The molecule has 28 heavy (non-hydrogen) atoms. The van der Waals surface area contributed by atoms with E-state index in [9.17, 15) is 9.59 Å². The SMILES string of the molecule is CCCCCCC(C)OC(=O)C1CC=CCC1C(=O)OC(C)CCCCCC. The summed E-state index contributed by atoms with van der Waals surface area (Å²) >= 11 is 0. The molecule has 0 saturated heterocycles. The Morgan fingerprint density at radius 1 is 0.750 bits per heavy atom. The molecule has 0 heterocycles. The fourth-order valence-electron chi connectivity index (χ4n) is 3.74. The summed E-state index contributed by atoms with van der Waals surface area (Å²) in [4.78, 5) is 25.4. The van der Waals surface area contributed by atoms with Crippen molar-refractivity contribution in [2.75, 3.05) is 0 Å². The standard InChI is InChI=1S/C24H42O4/c1-5-7-9-11-15-19(3)27-23(25)21-17-13-14-18-22(21)24(26)28-20(4)16-12-10-8-6-2/h13-14,19-22H,5-12,15-18H2,1-4H3. The first kappa shape index (κ1) is 24.7. The van der Waals surface area contributed by atoms with E-state index in [1.54, 1.807) is 0 Å². The lowest BCUT2D eigenvalue weighted by molar-refractivity contribution is -0.166. The van der Waals surface area contributed by atoms with Crippen LogP contribution in [0.1, 0.15) is 105 Å². The summed E-state index contributed by atoms with van der Waals surface area (Å²) in [5.74, 6) is -1.32. The molecule has 162 valence electrons. The van der Waals surface area contributed by atoms with Gasteiger partial charge in [0.1, 0.15) is 0 Å². The normalized spacial score (nSPS) is 21.1. The average molecular weight is 395 g/mol. The molecule has 0 N–H and O–H groups in total. The molecule has 4 atom stereocenters. The number of carbonyl (C=O) groups is 2. The van der Waals surface area contributed by atoms with E-state index in [0.29, 0.717) is 12.8 Å². The number of carbonyl (C=O) groups excluding carboxylic acids is 2. The van der Waals surface area contributed by atoms with Crippen molar-refractivity contribution in [2.24, 2.45) is 11.8 Å². The second-order valence-electron chi connectivity index (χ2n) is 8.35. The van der Waals surface area contributed by atoms with Crippen LogP contribution in [0.5, 0.6) is 0 Å². The van der Waals surface area contributed by atoms with Gasteiger partial charge in [-0.25, -0.2) is 0 Å². The molecule has 0 aromatic rings. The van der Waals surface area contributed by atoms with Gasteiger partial charge >= 0.3 is 11.9 Å². The third kappa shape index (κ3) is 9.75. The molecule has 1 rings (SSSR count). The number of esters is 2. The van der Waals surface area contributed by atoms with Crippen LogP contribution in [0.25, 0.3) is 0 Å². The average Bonchev–Trinajstić information content (AvgIpc) is 2.68. The first-order valence-electron chi connectivity index (χ1n) is 11.6. The maximum Gasteiger partial charge on any atom is 0.310 e. The highest BCUT2D eigenvalue weighted by atomic mass is 16.6. The predicted octanol–water partition coefficient (Wildman–Crippen LogP) is 6.37. The number of ether oxygens (including phenoxy) is 2. The Hall–Kier alpha value is -1.32. The lowest BCUT2D eigenvalue weighted by Gasteiger charge is -2.28. The van der Waals surface area contributed by atoms with Crippen molar-refractivity contribution < 1.29 is 19.1 Å². The molecule has 0 radical (unpaired) electrons. The van der Waals surface area contributed by atoms with Crippen LogP contribution < -0.4 is 0 Å². The maximum absolute atomic E-state index is 12.7.